The molecule has 4 aliphatic rings. The van der Waals surface area contributed by atoms with Crippen LogP contribution < -0.4 is 11.5 Å². The second kappa shape index (κ2) is 12.4. The number of nitrogens with two attached hydrogens (primary N) is 2. The van der Waals surface area contributed by atoms with E-state index in [1.54, 1.807) is 6.92 Å². The number of benzene rings is 1. The predicted molar refractivity (Wildman–Crippen MR) is 167 cm³/mol. The van der Waals surface area contributed by atoms with Crippen LogP contribution >= 0.6 is 0 Å². The maximum Gasteiger partial charge on any atom is 0.426 e. The van der Waals surface area contributed by atoms with Crippen LogP contribution in [0.15, 0.2) is 18.2 Å². The van der Waals surface area contributed by atoms with Crippen molar-refractivity contribution in [2.45, 2.75) is 129 Å². The molecule has 0 bridgehead atoms. The van der Waals surface area contributed by atoms with Gasteiger partial charge >= 0.3 is 18.0 Å². The van der Waals surface area contributed by atoms with Gasteiger partial charge in [0.1, 0.15) is 0 Å². The second-order valence-electron chi connectivity index (χ2n) is 16.0. The molecule has 5 rings (SSSR count). The van der Waals surface area contributed by atoms with Gasteiger partial charge in [-0.3, -0.25) is 0 Å². The van der Waals surface area contributed by atoms with Gasteiger partial charge in [-0.25, -0.2) is 0 Å². The first-order valence-corrected chi connectivity index (χ1v) is 17.4. The molecule has 0 heterocycles. The molecule has 256 valence electrons. The van der Waals surface area contributed by atoms with Crippen LogP contribution in [0.1, 0.15) is 117 Å². The van der Waals surface area contributed by atoms with Gasteiger partial charge in [-0.15, -0.1) is 0 Å². The number of nitrogen functional groups attached to an aromatic ring is 2. The molecule has 3 unspecified atom stereocenters. The Morgan fingerprint density at radius 2 is 1.56 bits per heavy atom. The Balaban J connectivity index is 1.12. The predicted octanol–water partition coefficient (Wildman–Crippen LogP) is 10.7. The van der Waals surface area contributed by atoms with Crippen molar-refractivity contribution in [1.29, 1.82) is 0 Å². The minimum Gasteiger partial charge on any atom is -0.399 e. The molecule has 4 saturated carbocycles. The van der Waals surface area contributed by atoms with Crippen LogP contribution in [0.2, 0.25) is 0 Å². The van der Waals surface area contributed by atoms with Gasteiger partial charge in [0.05, 0.1) is 12.2 Å². The molecule has 4 N–H and O–H groups in total. The van der Waals surface area contributed by atoms with Gasteiger partial charge in [0.2, 0.25) is 0 Å². The molecule has 0 amide bonds. The zero-order valence-corrected chi connectivity index (χ0v) is 27.5. The van der Waals surface area contributed by atoms with Crippen molar-refractivity contribution in [3.63, 3.8) is 0 Å². The zero-order valence-electron chi connectivity index (χ0n) is 27.5. The summed E-state index contributed by atoms with van der Waals surface area (Å²) in [6.45, 7) is 8.32. The Kier molecular flexibility index (Phi) is 9.58. The molecule has 3 nitrogen and oxygen atoms in total. The molecule has 0 saturated heterocycles. The second-order valence-corrected chi connectivity index (χ2v) is 16.0. The Bertz CT molecular complexity index is 1190. The Morgan fingerprint density at radius 1 is 0.844 bits per heavy atom. The molecule has 9 atom stereocenters. The van der Waals surface area contributed by atoms with Crippen molar-refractivity contribution in [2.75, 3.05) is 18.1 Å². The summed E-state index contributed by atoms with van der Waals surface area (Å²) in [5, 5.41) is 0. The third kappa shape index (κ3) is 5.99. The SMILES string of the molecule is CC(CCCC(C)[C@H]1CC[C@H]2[C@@H]3CCC4CCCC[C@]4(C)[C@H]3CC[C@]12C)COC(F)(F)C(F)(F)C(F)(F)c1ccc(N)cc1N. The van der Waals surface area contributed by atoms with E-state index >= 15 is 0 Å². The molecule has 0 aliphatic heterocycles. The molecule has 1 aromatic rings. The summed E-state index contributed by atoms with van der Waals surface area (Å²) in [6, 6.07) is 2.29. The maximum absolute atomic E-state index is 14.7. The van der Waals surface area contributed by atoms with E-state index in [1.807, 2.05) is 0 Å². The van der Waals surface area contributed by atoms with Gasteiger partial charge in [0, 0.05) is 11.4 Å². The molecule has 1 aromatic carbocycles. The van der Waals surface area contributed by atoms with E-state index < -0.39 is 41.7 Å². The average Bonchev–Trinajstić information content (AvgIpc) is 3.32. The maximum atomic E-state index is 14.7. The summed E-state index contributed by atoms with van der Waals surface area (Å²) in [4.78, 5) is 0. The minimum absolute atomic E-state index is 0.0493. The number of rotatable bonds is 11. The van der Waals surface area contributed by atoms with Crippen LogP contribution in [0.25, 0.3) is 0 Å². The first kappa shape index (κ1) is 34.7. The number of hydrogen-bond acceptors (Lipinski definition) is 3. The first-order valence-electron chi connectivity index (χ1n) is 17.4. The van der Waals surface area contributed by atoms with Crippen LogP contribution in [0.3, 0.4) is 0 Å². The minimum atomic E-state index is -5.82. The Hall–Kier alpha value is -1.64. The summed E-state index contributed by atoms with van der Waals surface area (Å²) in [6.07, 6.45) is 10.3. The molecule has 0 radical (unpaired) electrons. The Labute approximate surface area is 265 Å². The fourth-order valence-electron chi connectivity index (χ4n) is 10.9. The van der Waals surface area contributed by atoms with E-state index in [2.05, 4.69) is 25.5 Å². The lowest BCUT2D eigenvalue weighted by molar-refractivity contribution is -0.404. The van der Waals surface area contributed by atoms with E-state index in [4.69, 9.17) is 11.5 Å². The quantitative estimate of drug-likeness (QED) is 0.186. The third-order valence-electron chi connectivity index (χ3n) is 13.4. The van der Waals surface area contributed by atoms with Crippen molar-refractivity contribution in [1.82, 2.24) is 0 Å². The summed E-state index contributed by atoms with van der Waals surface area (Å²) >= 11 is 0. The van der Waals surface area contributed by atoms with Crippen molar-refractivity contribution in [3.05, 3.63) is 23.8 Å². The van der Waals surface area contributed by atoms with Gasteiger partial charge < -0.3 is 16.2 Å². The molecule has 4 fully saturated rings. The van der Waals surface area contributed by atoms with Gasteiger partial charge in [0.25, 0.3) is 0 Å². The standard InChI is InChI=1S/C36H54F6N2O/c1-22(21-45-36(41,42)35(39,40)34(37,38)30-14-12-25(43)20-31(30)44)8-7-9-23(2)27-15-16-28-26-13-11-24-10-5-6-18-32(24,3)29(26)17-19-33(27,28)4/h12,14,20,22-24,26-29H,5-11,13,15-19,21,43-44H2,1-4H3/t22?,23?,24?,26-,27+,28-,29-,32-,33+/m0/s1. The number of halogens is 6. The fraction of sp³-hybridized carbons (Fsp3) is 0.833. The monoisotopic (exact) mass is 644 g/mol. The summed E-state index contributed by atoms with van der Waals surface area (Å²) in [5.74, 6) is -7.11. The molecule has 0 aromatic heterocycles. The Morgan fingerprint density at radius 3 is 2.27 bits per heavy atom. The van der Waals surface area contributed by atoms with Gasteiger partial charge in [-0.2, -0.15) is 26.3 Å². The van der Waals surface area contributed by atoms with Gasteiger partial charge in [-0.1, -0.05) is 53.4 Å². The van der Waals surface area contributed by atoms with Crippen LogP contribution in [-0.4, -0.2) is 18.6 Å². The smallest absolute Gasteiger partial charge is 0.399 e. The normalized spacial score (nSPS) is 35.3. The number of alkyl halides is 6. The molecular weight excluding hydrogens is 590 g/mol. The van der Waals surface area contributed by atoms with Crippen molar-refractivity contribution in [3.8, 4) is 0 Å². The highest BCUT2D eigenvalue weighted by molar-refractivity contribution is 5.58. The lowest BCUT2D eigenvalue weighted by Gasteiger charge is -2.61. The van der Waals surface area contributed by atoms with E-state index in [0.717, 1.165) is 48.6 Å². The topological polar surface area (TPSA) is 61.3 Å². The number of ether oxygens (including phenoxy) is 1. The zero-order chi connectivity index (χ0) is 33.0. The lowest BCUT2D eigenvalue weighted by Crippen LogP contribution is -2.54. The number of fused-ring (bicyclic) bond motifs is 5. The van der Waals surface area contributed by atoms with Crippen molar-refractivity contribution in [2.24, 2.45) is 52.3 Å². The largest absolute Gasteiger partial charge is 0.426 e. The first-order chi connectivity index (χ1) is 21.0. The van der Waals surface area contributed by atoms with Crippen LogP contribution in [0.5, 0.6) is 0 Å². The fourth-order valence-corrected chi connectivity index (χ4v) is 10.9. The molecule has 0 spiro atoms. The molecular formula is C36H54F6N2O. The van der Waals surface area contributed by atoms with E-state index in [1.165, 1.54) is 64.2 Å². The van der Waals surface area contributed by atoms with Crippen molar-refractivity contribution >= 4 is 11.4 Å². The number of anilines is 2. The molecule has 45 heavy (non-hydrogen) atoms. The van der Waals surface area contributed by atoms with Crippen LogP contribution in [0, 0.1) is 52.3 Å². The number of hydrogen-bond donors (Lipinski definition) is 2. The van der Waals surface area contributed by atoms with Gasteiger partial charge in [-0.05, 0) is 128 Å². The summed E-state index contributed by atoms with van der Waals surface area (Å²) < 4.78 is 91.9. The van der Waals surface area contributed by atoms with E-state index in [-0.39, 0.29) is 5.69 Å². The third-order valence-corrected chi connectivity index (χ3v) is 13.4. The average molecular weight is 645 g/mol. The summed E-state index contributed by atoms with van der Waals surface area (Å²) in [7, 11) is 0. The van der Waals surface area contributed by atoms with Crippen molar-refractivity contribution < 1.29 is 31.1 Å². The highest BCUT2D eigenvalue weighted by Gasteiger charge is 2.74. The highest BCUT2D eigenvalue weighted by Crippen LogP contribution is 2.68. The van der Waals surface area contributed by atoms with Crippen LogP contribution in [0.4, 0.5) is 37.7 Å². The highest BCUT2D eigenvalue weighted by atomic mass is 19.3. The summed E-state index contributed by atoms with van der Waals surface area (Å²) in [5.41, 5.74) is 9.45. The molecule has 9 heteroatoms. The van der Waals surface area contributed by atoms with E-state index in [0.29, 0.717) is 35.2 Å². The van der Waals surface area contributed by atoms with Gasteiger partial charge in [0.15, 0.2) is 0 Å². The molecule has 4 aliphatic carbocycles. The van der Waals surface area contributed by atoms with Crippen LogP contribution in [-0.2, 0) is 10.7 Å². The lowest BCUT2D eigenvalue weighted by atomic mass is 9.44. The van der Waals surface area contributed by atoms with E-state index in [9.17, 15) is 26.3 Å².